The molecule has 1 aliphatic rings. The van der Waals surface area contributed by atoms with E-state index in [1.54, 1.807) is 36.4 Å². The molecule has 0 saturated carbocycles. The first kappa shape index (κ1) is 15.8. The molecule has 0 amide bonds. The number of hydrogen-bond donors (Lipinski definition) is 2. The fourth-order valence-electron chi connectivity index (χ4n) is 3.00. The number of ether oxygens (including phenoxy) is 3. The van der Waals surface area contributed by atoms with Crippen molar-refractivity contribution in [3.63, 3.8) is 0 Å². The smallest absolute Gasteiger partial charge is 0.340 e. The monoisotopic (exact) mass is 352 g/mol. The molecule has 0 aromatic heterocycles. The van der Waals surface area contributed by atoms with Crippen molar-refractivity contribution in [3.8, 4) is 28.7 Å². The first-order chi connectivity index (χ1) is 12.5. The van der Waals surface area contributed by atoms with Crippen LogP contribution in [0.3, 0.4) is 0 Å². The minimum Gasteiger partial charge on any atom is -0.497 e. The van der Waals surface area contributed by atoms with Gasteiger partial charge in [0.2, 0.25) is 0 Å². The first-order valence-electron chi connectivity index (χ1n) is 7.60. The van der Waals surface area contributed by atoms with Crippen molar-refractivity contribution < 1.29 is 34.0 Å². The quantitative estimate of drug-likeness (QED) is 0.571. The van der Waals surface area contributed by atoms with E-state index in [2.05, 4.69) is 0 Å². The molecule has 0 fully saturated rings. The van der Waals surface area contributed by atoms with E-state index in [9.17, 15) is 19.8 Å². The molecule has 2 N–H and O–H groups in total. The molecule has 26 heavy (non-hydrogen) atoms. The largest absolute Gasteiger partial charge is 0.497 e. The second kappa shape index (κ2) is 5.66. The highest BCUT2D eigenvalue weighted by atomic mass is 16.6. The molecule has 3 aromatic carbocycles. The van der Waals surface area contributed by atoms with Gasteiger partial charge in [-0.2, -0.15) is 0 Å². The summed E-state index contributed by atoms with van der Waals surface area (Å²) in [6.45, 7) is 0. The summed E-state index contributed by atoms with van der Waals surface area (Å²) < 4.78 is 16.7. The minimum atomic E-state index is -1.42. The van der Waals surface area contributed by atoms with E-state index >= 15 is 0 Å². The number of fused-ring (bicyclic) bond motifs is 4. The van der Waals surface area contributed by atoms with Crippen LogP contribution in [0.1, 0.15) is 20.7 Å². The predicted octanol–water partition coefficient (Wildman–Crippen LogP) is 4.14. The Kier molecular flexibility index (Phi) is 3.43. The van der Waals surface area contributed by atoms with Crippen LogP contribution in [-0.4, -0.2) is 29.3 Å². The van der Waals surface area contributed by atoms with E-state index in [0.29, 0.717) is 22.6 Å². The Morgan fingerprint density at radius 2 is 1.46 bits per heavy atom. The summed E-state index contributed by atoms with van der Waals surface area (Å²) in [6, 6.07) is 11.5. The van der Waals surface area contributed by atoms with E-state index in [-0.39, 0.29) is 22.4 Å². The summed E-state index contributed by atoms with van der Waals surface area (Å²) in [5.74, 6) is -1.66. The van der Waals surface area contributed by atoms with Gasteiger partial charge in [0.05, 0.1) is 12.7 Å². The van der Waals surface area contributed by atoms with Gasteiger partial charge >= 0.3 is 11.9 Å². The van der Waals surface area contributed by atoms with Gasteiger partial charge in [-0.05, 0) is 30.3 Å². The van der Waals surface area contributed by atoms with Crippen LogP contribution < -0.4 is 14.2 Å². The fourth-order valence-corrected chi connectivity index (χ4v) is 3.00. The topological polar surface area (TPSA) is 102 Å². The van der Waals surface area contributed by atoms with Gasteiger partial charge < -0.3 is 24.4 Å². The maximum Gasteiger partial charge on any atom is 0.340 e. The zero-order chi connectivity index (χ0) is 18.4. The lowest BCUT2D eigenvalue weighted by Crippen LogP contribution is -2.13. The van der Waals surface area contributed by atoms with Crippen molar-refractivity contribution in [2.24, 2.45) is 0 Å². The highest BCUT2D eigenvalue weighted by Gasteiger charge is 2.33. The van der Waals surface area contributed by atoms with Gasteiger partial charge in [0.15, 0.2) is 23.0 Å². The van der Waals surface area contributed by atoms with Crippen LogP contribution in [0, 0.1) is 0 Å². The van der Waals surface area contributed by atoms with E-state index in [0.717, 1.165) is 0 Å². The molecule has 0 radical (unpaired) electrons. The van der Waals surface area contributed by atoms with Crippen LogP contribution in [0.2, 0.25) is 0 Å². The van der Waals surface area contributed by atoms with E-state index in [1.165, 1.54) is 13.2 Å². The van der Waals surface area contributed by atoms with Crippen molar-refractivity contribution in [3.05, 3.63) is 53.6 Å². The first-order valence-corrected chi connectivity index (χ1v) is 7.60. The Bertz CT molecular complexity index is 1080. The summed E-state index contributed by atoms with van der Waals surface area (Å²) in [7, 11) is 1.44. The van der Waals surface area contributed by atoms with Crippen LogP contribution in [0.15, 0.2) is 42.5 Å². The Labute approximate surface area is 147 Å². The van der Waals surface area contributed by atoms with Crippen LogP contribution in [0.5, 0.6) is 28.7 Å². The van der Waals surface area contributed by atoms with Crippen molar-refractivity contribution in [1.82, 2.24) is 0 Å². The van der Waals surface area contributed by atoms with Crippen LogP contribution in [0.4, 0.5) is 0 Å². The van der Waals surface area contributed by atoms with Gasteiger partial charge in [-0.3, -0.25) is 0 Å². The number of para-hydroxylation sites is 2. The molecule has 1 heterocycles. The van der Waals surface area contributed by atoms with E-state index in [1.807, 2.05) is 0 Å². The Morgan fingerprint density at radius 1 is 0.846 bits per heavy atom. The molecular weight excluding hydrogens is 340 g/mol. The number of carbonyl (C=O) groups is 2. The number of carboxylic acid groups (broad SMARTS) is 2. The minimum absolute atomic E-state index is 0.133. The SMILES string of the molecule is COc1ccc2c3c(c(C(=O)O)c(C(=O)O)c2c1)Oc1ccccc1O3. The Morgan fingerprint density at radius 3 is 2.04 bits per heavy atom. The second-order valence-corrected chi connectivity index (χ2v) is 5.58. The summed E-state index contributed by atoms with van der Waals surface area (Å²) in [4.78, 5) is 23.7. The molecule has 0 unspecified atom stereocenters. The van der Waals surface area contributed by atoms with E-state index in [4.69, 9.17) is 14.2 Å². The van der Waals surface area contributed by atoms with Gasteiger partial charge in [-0.15, -0.1) is 0 Å². The molecule has 0 aliphatic carbocycles. The summed E-state index contributed by atoms with van der Waals surface area (Å²) in [5, 5.41) is 20.0. The van der Waals surface area contributed by atoms with E-state index < -0.39 is 17.5 Å². The number of aromatic carboxylic acids is 2. The molecule has 130 valence electrons. The molecule has 0 bridgehead atoms. The van der Waals surface area contributed by atoms with Crippen LogP contribution in [-0.2, 0) is 0 Å². The molecule has 3 aromatic rings. The number of hydrogen-bond acceptors (Lipinski definition) is 5. The lowest BCUT2D eigenvalue weighted by atomic mass is 9.96. The lowest BCUT2D eigenvalue weighted by Gasteiger charge is -2.24. The summed E-state index contributed by atoms with van der Waals surface area (Å²) in [5.41, 5.74) is -0.851. The van der Waals surface area contributed by atoms with Gasteiger partial charge in [-0.25, -0.2) is 9.59 Å². The molecular formula is C19H12O7. The maximum absolute atomic E-state index is 11.9. The average molecular weight is 352 g/mol. The summed E-state index contributed by atoms with van der Waals surface area (Å²) >= 11 is 0. The maximum atomic E-state index is 11.9. The van der Waals surface area contributed by atoms with Gasteiger partial charge in [0.1, 0.15) is 11.3 Å². The van der Waals surface area contributed by atoms with Crippen LogP contribution >= 0.6 is 0 Å². The normalized spacial score (nSPS) is 11.7. The molecule has 1 aliphatic heterocycles. The van der Waals surface area contributed by atoms with Crippen LogP contribution in [0.25, 0.3) is 10.8 Å². The predicted molar refractivity (Wildman–Crippen MR) is 91.0 cm³/mol. The highest BCUT2D eigenvalue weighted by Crippen LogP contribution is 2.52. The third-order valence-corrected chi connectivity index (χ3v) is 4.12. The molecule has 4 rings (SSSR count). The van der Waals surface area contributed by atoms with Crippen molar-refractivity contribution in [1.29, 1.82) is 0 Å². The van der Waals surface area contributed by atoms with Gasteiger partial charge in [-0.1, -0.05) is 12.1 Å². The highest BCUT2D eigenvalue weighted by molar-refractivity contribution is 6.16. The Balaban J connectivity index is 2.14. The molecule has 0 atom stereocenters. The molecule has 0 spiro atoms. The lowest BCUT2D eigenvalue weighted by molar-refractivity contribution is 0.0650. The molecule has 7 heteroatoms. The molecule has 7 nitrogen and oxygen atoms in total. The van der Waals surface area contributed by atoms with Crippen molar-refractivity contribution in [2.75, 3.05) is 7.11 Å². The fraction of sp³-hybridized carbons (Fsp3) is 0.0526. The number of rotatable bonds is 3. The second-order valence-electron chi connectivity index (χ2n) is 5.58. The molecule has 0 saturated heterocycles. The standard InChI is InChI=1S/C19H12O7/c1-24-9-6-7-10-11(8-9)14(18(20)21)15(19(22)23)17-16(10)25-12-4-2-3-5-13(12)26-17/h2-8H,1H3,(H,20,21)(H,22,23). The summed E-state index contributed by atoms with van der Waals surface area (Å²) in [6.07, 6.45) is 0. The average Bonchev–Trinajstić information content (AvgIpc) is 2.64. The van der Waals surface area contributed by atoms with Crippen molar-refractivity contribution >= 4 is 22.7 Å². The van der Waals surface area contributed by atoms with Crippen molar-refractivity contribution in [2.45, 2.75) is 0 Å². The third-order valence-electron chi connectivity index (χ3n) is 4.12. The number of benzene rings is 3. The Hall–Kier alpha value is -3.74. The zero-order valence-corrected chi connectivity index (χ0v) is 13.5. The number of carboxylic acids is 2. The third kappa shape index (κ3) is 2.21. The van der Waals surface area contributed by atoms with Gasteiger partial charge in [0, 0.05) is 10.8 Å². The number of methoxy groups -OCH3 is 1. The van der Waals surface area contributed by atoms with Gasteiger partial charge in [0.25, 0.3) is 0 Å². The zero-order valence-electron chi connectivity index (χ0n) is 13.5.